The first kappa shape index (κ1) is 24.8. The van der Waals surface area contributed by atoms with Crippen LogP contribution in [0.15, 0.2) is 84.9 Å². The Balaban J connectivity index is 0.000000230. The van der Waals surface area contributed by atoms with E-state index in [4.69, 9.17) is 10.2 Å². The van der Waals surface area contributed by atoms with Gasteiger partial charge >= 0.3 is 31.2 Å². The Morgan fingerprint density at radius 3 is 2.21 bits per heavy atom. The summed E-state index contributed by atoms with van der Waals surface area (Å²) in [7, 11) is 1.50. The Morgan fingerprint density at radius 2 is 1.48 bits per heavy atom. The van der Waals surface area contributed by atoms with Gasteiger partial charge in [0.15, 0.2) is 0 Å². The molecule has 29 heavy (non-hydrogen) atoms. The third-order valence-corrected chi connectivity index (χ3v) is 4.16. The molecule has 0 fully saturated rings. The van der Waals surface area contributed by atoms with Crippen LogP contribution in [0.25, 0.3) is 21.9 Å². The second-order valence-corrected chi connectivity index (χ2v) is 6.74. The molecule has 0 aliphatic heterocycles. The quantitative estimate of drug-likeness (QED) is 0.283. The standard InChI is InChI=1S/C13H9.C9H7.C2H4.2CH3O.Ti/c1-3-7-12-10(5-1)9-11-6-2-4-8-13(11)12;1-2-5-9-7-3-6-8(9)4-1;3*1-2;/h1-5,7-8H,9H2;1-7H;1H,2H3;2*1H3;/q2*-1;;2*-1;+2. The number of benzene rings is 3. The predicted octanol–water partition coefficient (Wildman–Crippen LogP) is 3.92. The number of fused-ring (bicyclic) bond motifs is 4. The van der Waals surface area contributed by atoms with E-state index in [1.807, 2.05) is 37.3 Å². The fourth-order valence-electron chi connectivity index (χ4n) is 3.07. The molecule has 1 aliphatic carbocycles. The average molecular weight is 418 g/mol. The molecule has 0 N–H and O–H groups in total. The van der Waals surface area contributed by atoms with Crippen molar-refractivity contribution in [2.24, 2.45) is 0 Å². The van der Waals surface area contributed by atoms with Gasteiger partial charge in [0.25, 0.3) is 0 Å². The number of hydrogen-bond acceptors (Lipinski definition) is 2. The summed E-state index contributed by atoms with van der Waals surface area (Å²) in [6, 6.07) is 32.8. The first-order chi connectivity index (χ1) is 14.3. The Hall–Kier alpha value is -2.23. The Bertz CT molecular complexity index is 899. The monoisotopic (exact) mass is 418 g/mol. The van der Waals surface area contributed by atoms with Crippen LogP contribution in [0.3, 0.4) is 0 Å². The predicted molar refractivity (Wildman–Crippen MR) is 117 cm³/mol. The topological polar surface area (TPSA) is 46.1 Å². The van der Waals surface area contributed by atoms with Gasteiger partial charge in [0.2, 0.25) is 0 Å². The van der Waals surface area contributed by atoms with Crippen molar-refractivity contribution in [3.63, 3.8) is 0 Å². The van der Waals surface area contributed by atoms with Crippen LogP contribution in [0.2, 0.25) is 0 Å². The van der Waals surface area contributed by atoms with Gasteiger partial charge in [-0.1, -0.05) is 41.5 Å². The fourth-order valence-corrected chi connectivity index (χ4v) is 3.07. The van der Waals surface area contributed by atoms with E-state index in [1.54, 1.807) is 0 Å². The molecule has 0 spiro atoms. The van der Waals surface area contributed by atoms with Gasteiger partial charge < -0.3 is 10.2 Å². The van der Waals surface area contributed by atoms with Gasteiger partial charge in [-0.3, -0.25) is 0 Å². The first-order valence-corrected chi connectivity index (χ1v) is 10.2. The van der Waals surface area contributed by atoms with Gasteiger partial charge in [-0.25, -0.2) is 0 Å². The summed E-state index contributed by atoms with van der Waals surface area (Å²) >= 11 is 2.00. The SMILES string of the molecule is C[CH]=[Ti+2].C[O-].C[O-].[c-]1cccc2c1Cc1ccccc1-2.c1ccc2[cH-]ccc2c1. The summed E-state index contributed by atoms with van der Waals surface area (Å²) in [6.07, 6.45) is 1.05. The van der Waals surface area contributed by atoms with Crippen molar-refractivity contribution in [1.29, 1.82) is 0 Å². The minimum absolute atomic E-state index is 0.750. The van der Waals surface area contributed by atoms with Gasteiger partial charge in [-0.15, -0.1) is 35.2 Å². The van der Waals surface area contributed by atoms with E-state index in [-0.39, 0.29) is 0 Å². The smallest absolute Gasteiger partial charge is 0.0253 e. The van der Waals surface area contributed by atoms with Crippen molar-refractivity contribution in [3.8, 4) is 11.1 Å². The second kappa shape index (κ2) is 14.7. The minimum atomic E-state index is 0.750. The van der Waals surface area contributed by atoms with E-state index in [0.29, 0.717) is 0 Å². The molecule has 4 aromatic rings. The molecule has 0 heterocycles. The van der Waals surface area contributed by atoms with Crippen molar-refractivity contribution in [1.82, 2.24) is 0 Å². The van der Waals surface area contributed by atoms with Crippen LogP contribution in [0.1, 0.15) is 18.1 Å². The molecule has 0 radical (unpaired) electrons. The van der Waals surface area contributed by atoms with Crippen molar-refractivity contribution in [3.05, 3.63) is 102 Å². The van der Waals surface area contributed by atoms with E-state index in [2.05, 4.69) is 84.9 Å². The van der Waals surface area contributed by atoms with Gasteiger partial charge in [0, 0.05) is 0 Å². The van der Waals surface area contributed by atoms with Gasteiger partial charge in [0.05, 0.1) is 0 Å². The van der Waals surface area contributed by atoms with Crippen LogP contribution in [-0.4, -0.2) is 18.5 Å². The number of rotatable bonds is 0. The molecule has 0 aromatic heterocycles. The number of hydrogen-bond donors (Lipinski definition) is 0. The van der Waals surface area contributed by atoms with Crippen LogP contribution in [0.5, 0.6) is 0 Å². The van der Waals surface area contributed by atoms with E-state index < -0.39 is 0 Å². The summed E-state index contributed by atoms with van der Waals surface area (Å²) in [4.78, 5) is 0. The largest absolute Gasteiger partial charge is 0.857 e. The molecular weight excluding hydrogens is 392 g/mol. The third-order valence-electron chi connectivity index (χ3n) is 4.16. The summed E-state index contributed by atoms with van der Waals surface area (Å²) in [5, 5.41) is 19.2. The van der Waals surface area contributed by atoms with Crippen molar-refractivity contribution < 1.29 is 30.2 Å². The van der Waals surface area contributed by atoms with Crippen LogP contribution in [-0.2, 0) is 26.4 Å². The molecule has 0 atom stereocenters. The van der Waals surface area contributed by atoms with E-state index in [1.165, 1.54) is 33.0 Å². The Kier molecular flexibility index (Phi) is 12.6. The van der Waals surface area contributed by atoms with Gasteiger partial charge in [-0.05, 0) is 6.42 Å². The molecule has 0 bridgehead atoms. The molecule has 1 aliphatic rings. The average Bonchev–Trinajstić information content (AvgIpc) is 3.42. The van der Waals surface area contributed by atoms with Crippen molar-refractivity contribution in [2.75, 3.05) is 14.2 Å². The summed E-state index contributed by atoms with van der Waals surface area (Å²) < 4.78 is 2.00. The molecule has 148 valence electrons. The van der Waals surface area contributed by atoms with Crippen molar-refractivity contribution >= 4 is 15.1 Å². The van der Waals surface area contributed by atoms with Gasteiger partial charge in [0.1, 0.15) is 0 Å². The summed E-state index contributed by atoms with van der Waals surface area (Å²) in [5.74, 6) is 0. The molecule has 0 saturated heterocycles. The molecule has 0 saturated carbocycles. The molecule has 3 heteroatoms. The maximum atomic E-state index is 8.25. The maximum absolute atomic E-state index is 8.25. The molecule has 0 unspecified atom stereocenters. The summed E-state index contributed by atoms with van der Waals surface area (Å²) in [5.41, 5.74) is 5.51. The van der Waals surface area contributed by atoms with Crippen molar-refractivity contribution in [2.45, 2.75) is 13.3 Å². The Morgan fingerprint density at radius 1 is 0.862 bits per heavy atom. The van der Waals surface area contributed by atoms with E-state index >= 15 is 0 Å². The van der Waals surface area contributed by atoms with Crippen LogP contribution < -0.4 is 10.2 Å². The van der Waals surface area contributed by atoms with Crippen LogP contribution in [0, 0.1) is 6.07 Å². The molecule has 0 amide bonds. The molecular formula is C26H26O2Ti-2. The molecule has 5 rings (SSSR count). The second-order valence-electron chi connectivity index (χ2n) is 5.84. The van der Waals surface area contributed by atoms with E-state index in [0.717, 1.165) is 20.6 Å². The molecule has 2 nitrogen and oxygen atoms in total. The first-order valence-electron chi connectivity index (χ1n) is 9.28. The zero-order chi connectivity index (χ0) is 21.5. The Labute approximate surface area is 185 Å². The molecule has 4 aromatic carbocycles. The zero-order valence-corrected chi connectivity index (χ0v) is 18.7. The fraction of sp³-hybridized carbons (Fsp3) is 0.154. The zero-order valence-electron chi connectivity index (χ0n) is 17.2. The summed E-state index contributed by atoms with van der Waals surface area (Å²) in [6.45, 7) is 2.00. The normalized spacial score (nSPS) is 9.62. The minimum Gasteiger partial charge on any atom is -0.857 e. The van der Waals surface area contributed by atoms with E-state index in [9.17, 15) is 0 Å². The van der Waals surface area contributed by atoms with Crippen LogP contribution in [0.4, 0.5) is 0 Å². The third kappa shape index (κ3) is 7.27. The van der Waals surface area contributed by atoms with Crippen LogP contribution >= 0.6 is 0 Å². The van der Waals surface area contributed by atoms with Gasteiger partial charge in [-0.2, -0.15) is 61.6 Å². The maximum Gasteiger partial charge on any atom is -0.0253 e.